The number of hydrogen-bond donors (Lipinski definition) is 2. The molecule has 0 aliphatic carbocycles. The molecule has 0 aliphatic heterocycles. The molecule has 0 fully saturated rings. The highest BCUT2D eigenvalue weighted by Crippen LogP contribution is 2.18. The number of rotatable bonds is 8. The molecule has 0 bridgehead atoms. The molecule has 2 N–H and O–H groups in total. The lowest BCUT2D eigenvalue weighted by molar-refractivity contribution is 0.340. The Morgan fingerprint density at radius 1 is 1.00 bits per heavy atom. The first-order chi connectivity index (χ1) is 12.3. The molecule has 0 amide bonds. The Hall–Kier alpha value is -3.15. The van der Waals surface area contributed by atoms with Crippen LogP contribution in [0.5, 0.6) is 5.75 Å². The monoisotopic (exact) mass is 335 g/mol. The first-order valence-corrected chi connectivity index (χ1v) is 8.31. The number of ether oxygens (including phenoxy) is 1. The van der Waals surface area contributed by atoms with Gasteiger partial charge in [0.2, 0.25) is 5.95 Å². The molecule has 128 valence electrons. The maximum absolute atomic E-state index is 5.43. The van der Waals surface area contributed by atoms with Crippen LogP contribution in [0.3, 0.4) is 0 Å². The van der Waals surface area contributed by atoms with E-state index in [1.807, 2.05) is 49.4 Å². The van der Waals surface area contributed by atoms with Crippen molar-refractivity contribution in [2.45, 2.75) is 13.3 Å². The van der Waals surface area contributed by atoms with E-state index in [2.05, 4.69) is 37.9 Å². The van der Waals surface area contributed by atoms with Crippen LogP contribution in [-0.4, -0.2) is 28.3 Å². The Balaban J connectivity index is 1.55. The molecule has 0 aliphatic rings. The quantitative estimate of drug-likeness (QED) is 0.654. The number of nitrogens with one attached hydrogen (secondary N) is 2. The largest absolute Gasteiger partial charge is 0.494 e. The normalized spacial score (nSPS) is 10.3. The third-order valence-corrected chi connectivity index (χ3v) is 3.54. The van der Waals surface area contributed by atoms with E-state index in [1.54, 1.807) is 6.20 Å². The summed E-state index contributed by atoms with van der Waals surface area (Å²) in [5, 5.41) is 14.4. The fourth-order valence-electron chi connectivity index (χ4n) is 2.35. The summed E-state index contributed by atoms with van der Waals surface area (Å²) in [6.45, 7) is 3.39. The Labute approximate surface area is 147 Å². The smallest absolute Gasteiger partial charge is 0.249 e. The number of nitrogens with zero attached hydrogens (tertiary/aromatic N) is 3. The molecule has 0 atom stereocenters. The third kappa shape index (κ3) is 5.17. The van der Waals surface area contributed by atoms with E-state index >= 15 is 0 Å². The molecule has 2 aromatic carbocycles. The molecule has 6 heteroatoms. The maximum Gasteiger partial charge on any atom is 0.249 e. The van der Waals surface area contributed by atoms with E-state index < -0.39 is 0 Å². The standard InChI is InChI=1S/C19H21N5O/c1-2-25-17-10-8-16(9-11-17)22-19-23-18(14-21-24-19)20-13-12-15-6-4-3-5-7-15/h3-11,14H,2,12-13H2,1H3,(H2,20,22,23,24). The molecule has 0 saturated carbocycles. The summed E-state index contributed by atoms with van der Waals surface area (Å²) in [6.07, 6.45) is 2.54. The van der Waals surface area contributed by atoms with Gasteiger partial charge in [-0.25, -0.2) is 0 Å². The van der Waals surface area contributed by atoms with Gasteiger partial charge in [-0.05, 0) is 43.2 Å². The van der Waals surface area contributed by atoms with Crippen molar-refractivity contribution in [3.05, 3.63) is 66.4 Å². The van der Waals surface area contributed by atoms with Gasteiger partial charge in [-0.15, -0.1) is 5.10 Å². The Morgan fingerprint density at radius 2 is 1.80 bits per heavy atom. The van der Waals surface area contributed by atoms with Crippen LogP contribution in [0.4, 0.5) is 17.5 Å². The Morgan fingerprint density at radius 3 is 2.56 bits per heavy atom. The summed E-state index contributed by atoms with van der Waals surface area (Å²) >= 11 is 0. The van der Waals surface area contributed by atoms with Crippen LogP contribution in [0, 0.1) is 0 Å². The number of hydrogen-bond acceptors (Lipinski definition) is 6. The van der Waals surface area contributed by atoms with Gasteiger partial charge in [-0.3, -0.25) is 0 Å². The van der Waals surface area contributed by atoms with E-state index in [9.17, 15) is 0 Å². The van der Waals surface area contributed by atoms with Gasteiger partial charge in [0.15, 0.2) is 5.82 Å². The van der Waals surface area contributed by atoms with Crippen molar-refractivity contribution in [3.63, 3.8) is 0 Å². The second-order valence-corrected chi connectivity index (χ2v) is 5.41. The van der Waals surface area contributed by atoms with Crippen molar-refractivity contribution in [2.24, 2.45) is 0 Å². The highest BCUT2D eigenvalue weighted by molar-refractivity contribution is 5.55. The van der Waals surface area contributed by atoms with Crippen LogP contribution in [0.15, 0.2) is 60.8 Å². The van der Waals surface area contributed by atoms with E-state index in [-0.39, 0.29) is 0 Å². The fraction of sp³-hybridized carbons (Fsp3) is 0.211. The molecule has 0 radical (unpaired) electrons. The summed E-state index contributed by atoms with van der Waals surface area (Å²) in [6, 6.07) is 18.0. The zero-order valence-electron chi connectivity index (χ0n) is 14.1. The zero-order valence-corrected chi connectivity index (χ0v) is 14.1. The van der Waals surface area contributed by atoms with Crippen LogP contribution < -0.4 is 15.4 Å². The number of benzene rings is 2. The lowest BCUT2D eigenvalue weighted by Crippen LogP contribution is -2.08. The van der Waals surface area contributed by atoms with Crippen LogP contribution >= 0.6 is 0 Å². The predicted molar refractivity (Wildman–Crippen MR) is 99.4 cm³/mol. The minimum absolute atomic E-state index is 0.453. The van der Waals surface area contributed by atoms with Crippen LogP contribution in [0.2, 0.25) is 0 Å². The topological polar surface area (TPSA) is 72.0 Å². The molecule has 1 aromatic heterocycles. The molecule has 0 saturated heterocycles. The Kier molecular flexibility index (Phi) is 5.77. The minimum Gasteiger partial charge on any atom is -0.494 e. The molecule has 25 heavy (non-hydrogen) atoms. The van der Waals surface area contributed by atoms with Crippen molar-refractivity contribution >= 4 is 17.5 Å². The summed E-state index contributed by atoms with van der Waals surface area (Å²) in [5.74, 6) is 1.98. The van der Waals surface area contributed by atoms with Crippen molar-refractivity contribution in [2.75, 3.05) is 23.8 Å². The van der Waals surface area contributed by atoms with Gasteiger partial charge in [-0.2, -0.15) is 10.1 Å². The van der Waals surface area contributed by atoms with Gasteiger partial charge in [0.1, 0.15) is 5.75 Å². The molecule has 3 rings (SSSR count). The maximum atomic E-state index is 5.43. The second kappa shape index (κ2) is 8.63. The molecule has 0 spiro atoms. The lowest BCUT2D eigenvalue weighted by Gasteiger charge is -2.08. The first-order valence-electron chi connectivity index (χ1n) is 8.31. The van der Waals surface area contributed by atoms with Crippen LogP contribution in [0.1, 0.15) is 12.5 Å². The summed E-state index contributed by atoms with van der Waals surface area (Å²) in [4.78, 5) is 4.43. The van der Waals surface area contributed by atoms with E-state index in [4.69, 9.17) is 4.74 Å². The molecule has 0 unspecified atom stereocenters. The summed E-state index contributed by atoms with van der Waals surface area (Å²) in [5.41, 5.74) is 2.16. The van der Waals surface area contributed by atoms with E-state index in [0.717, 1.165) is 24.4 Å². The molecule has 6 nitrogen and oxygen atoms in total. The van der Waals surface area contributed by atoms with Gasteiger partial charge in [0.25, 0.3) is 0 Å². The van der Waals surface area contributed by atoms with E-state index in [0.29, 0.717) is 18.4 Å². The molecular formula is C19H21N5O. The first kappa shape index (κ1) is 16.7. The summed E-state index contributed by atoms with van der Waals surface area (Å²) in [7, 11) is 0. The average molecular weight is 335 g/mol. The van der Waals surface area contributed by atoms with Gasteiger partial charge in [0, 0.05) is 12.2 Å². The molecular weight excluding hydrogens is 314 g/mol. The fourth-order valence-corrected chi connectivity index (χ4v) is 2.35. The Bertz CT molecular complexity index is 777. The van der Waals surface area contributed by atoms with Crippen molar-refractivity contribution in [3.8, 4) is 5.75 Å². The minimum atomic E-state index is 0.453. The van der Waals surface area contributed by atoms with Crippen molar-refractivity contribution in [1.29, 1.82) is 0 Å². The van der Waals surface area contributed by atoms with Gasteiger partial charge in [-0.1, -0.05) is 30.3 Å². The van der Waals surface area contributed by atoms with Crippen LogP contribution in [0.25, 0.3) is 0 Å². The van der Waals surface area contributed by atoms with Crippen molar-refractivity contribution in [1.82, 2.24) is 15.2 Å². The van der Waals surface area contributed by atoms with Crippen LogP contribution in [-0.2, 0) is 6.42 Å². The second-order valence-electron chi connectivity index (χ2n) is 5.41. The number of anilines is 3. The highest BCUT2D eigenvalue weighted by Gasteiger charge is 2.02. The van der Waals surface area contributed by atoms with Gasteiger partial charge in [0.05, 0.1) is 12.8 Å². The SMILES string of the molecule is CCOc1ccc(Nc2nncc(NCCc3ccccc3)n2)cc1. The van der Waals surface area contributed by atoms with E-state index in [1.165, 1.54) is 5.56 Å². The third-order valence-electron chi connectivity index (χ3n) is 3.54. The zero-order chi connectivity index (χ0) is 17.3. The van der Waals surface area contributed by atoms with Crippen molar-refractivity contribution < 1.29 is 4.74 Å². The lowest BCUT2D eigenvalue weighted by atomic mass is 10.1. The summed E-state index contributed by atoms with van der Waals surface area (Å²) < 4.78 is 5.43. The highest BCUT2D eigenvalue weighted by atomic mass is 16.5. The predicted octanol–water partition coefficient (Wildman–Crippen LogP) is 3.67. The number of aromatic nitrogens is 3. The average Bonchev–Trinajstić information content (AvgIpc) is 2.65. The molecule has 3 aromatic rings. The molecule has 1 heterocycles. The van der Waals surface area contributed by atoms with Gasteiger partial charge < -0.3 is 15.4 Å². The van der Waals surface area contributed by atoms with Gasteiger partial charge >= 0.3 is 0 Å².